The number of carbonyl (C=O) groups is 2. The van der Waals surface area contributed by atoms with Crippen molar-refractivity contribution in [1.29, 1.82) is 0 Å². The molecule has 2 N–H and O–H groups in total. The number of aliphatic hydroxyl groups is 2. The Morgan fingerprint density at radius 2 is 2.09 bits per heavy atom. The number of ether oxygens (including phenoxy) is 1. The molecular formula is C26H38O6S. The largest absolute Gasteiger partial charge is 0.393 e. The van der Waals surface area contributed by atoms with Gasteiger partial charge in [-0.1, -0.05) is 38.8 Å². The Bertz CT molecular complexity index is 848. The zero-order valence-corrected chi connectivity index (χ0v) is 21.0. The highest BCUT2D eigenvalue weighted by Crippen LogP contribution is 2.68. The maximum Gasteiger partial charge on any atom is 0.190 e. The molecule has 4 rings (SSSR count). The van der Waals surface area contributed by atoms with Gasteiger partial charge < -0.3 is 14.9 Å². The average Bonchev–Trinajstić information content (AvgIpc) is 3.06. The van der Waals surface area contributed by atoms with Crippen LogP contribution in [0.25, 0.3) is 0 Å². The number of aliphatic hydroxyl groups excluding tert-OH is 2. The van der Waals surface area contributed by atoms with Gasteiger partial charge >= 0.3 is 0 Å². The molecule has 0 heterocycles. The molecule has 3 saturated carbocycles. The lowest BCUT2D eigenvalue weighted by Gasteiger charge is -2.60. The maximum atomic E-state index is 13.4. The monoisotopic (exact) mass is 478 g/mol. The molecule has 0 radical (unpaired) electrons. The Labute approximate surface area is 201 Å². The average molecular weight is 479 g/mol. The zero-order chi connectivity index (χ0) is 24.0. The molecule has 4 aliphatic carbocycles. The summed E-state index contributed by atoms with van der Waals surface area (Å²) in [7, 11) is 0. The van der Waals surface area contributed by atoms with Crippen molar-refractivity contribution in [3.8, 4) is 0 Å². The van der Waals surface area contributed by atoms with Crippen molar-refractivity contribution in [3.05, 3.63) is 23.8 Å². The minimum atomic E-state index is -1.18. The molecule has 184 valence electrons. The summed E-state index contributed by atoms with van der Waals surface area (Å²) >= 11 is 1.22. The van der Waals surface area contributed by atoms with E-state index in [0.717, 1.165) is 31.3 Å². The van der Waals surface area contributed by atoms with Gasteiger partial charge in [-0.3, -0.25) is 13.8 Å². The van der Waals surface area contributed by atoms with Crippen LogP contribution in [0.15, 0.2) is 23.8 Å². The van der Waals surface area contributed by atoms with Crippen LogP contribution >= 0.6 is 12.0 Å². The molecule has 0 spiro atoms. The summed E-state index contributed by atoms with van der Waals surface area (Å²) in [5, 5.41) is 21.6. The van der Waals surface area contributed by atoms with Crippen LogP contribution in [-0.4, -0.2) is 52.6 Å². The minimum absolute atomic E-state index is 0.00570. The second-order valence-electron chi connectivity index (χ2n) is 10.8. The van der Waals surface area contributed by atoms with E-state index in [9.17, 15) is 19.8 Å². The number of hydrogen-bond acceptors (Lipinski definition) is 7. The number of ketones is 2. The number of rotatable bonds is 8. The van der Waals surface area contributed by atoms with Crippen LogP contribution in [0, 0.1) is 28.6 Å². The fourth-order valence-corrected chi connectivity index (χ4v) is 8.20. The SMILES string of the molecule is CCCC(OSC)OC1(C(=O)CO)CCC2C3CCC4=CC(=O)C=CC4(C)C3C(O)CC21C. The Morgan fingerprint density at radius 1 is 1.33 bits per heavy atom. The Morgan fingerprint density at radius 3 is 2.76 bits per heavy atom. The van der Waals surface area contributed by atoms with Gasteiger partial charge in [0.05, 0.1) is 6.10 Å². The minimum Gasteiger partial charge on any atom is -0.393 e. The van der Waals surface area contributed by atoms with E-state index in [2.05, 4.69) is 13.8 Å². The van der Waals surface area contributed by atoms with E-state index in [1.807, 2.05) is 19.3 Å². The molecule has 0 aliphatic heterocycles. The van der Waals surface area contributed by atoms with Crippen LogP contribution in [0.4, 0.5) is 0 Å². The maximum absolute atomic E-state index is 13.4. The van der Waals surface area contributed by atoms with Gasteiger partial charge in [-0.05, 0) is 74.6 Å². The summed E-state index contributed by atoms with van der Waals surface area (Å²) in [6.45, 7) is 5.68. The smallest absolute Gasteiger partial charge is 0.190 e. The number of Topliss-reactive ketones (excluding diaryl/α,β-unsaturated/α-hetero) is 1. The van der Waals surface area contributed by atoms with Crippen molar-refractivity contribution < 1.29 is 28.7 Å². The van der Waals surface area contributed by atoms with Crippen LogP contribution in [0.1, 0.15) is 65.7 Å². The molecule has 4 aliphatic rings. The highest BCUT2D eigenvalue weighted by atomic mass is 32.2. The van der Waals surface area contributed by atoms with E-state index < -0.39 is 30.0 Å². The van der Waals surface area contributed by atoms with Crippen LogP contribution < -0.4 is 0 Å². The van der Waals surface area contributed by atoms with Gasteiger partial charge in [-0.15, -0.1) is 0 Å². The molecule has 6 nitrogen and oxygen atoms in total. The molecule has 8 unspecified atom stereocenters. The number of fused-ring (bicyclic) bond motifs is 5. The highest BCUT2D eigenvalue weighted by molar-refractivity contribution is 7.93. The standard InChI is InChI=1S/C26H38O6S/c1-5-6-22(32-33-4)31-26(21(30)15-27)12-10-19-18-8-7-16-13-17(28)9-11-24(16,2)23(18)20(29)14-25(19,26)3/h9,11,13,18-20,22-23,27,29H,5-8,10,12,14-15H2,1-4H3. The second-order valence-corrected chi connectivity index (χ2v) is 11.3. The van der Waals surface area contributed by atoms with Crippen LogP contribution in [0.3, 0.4) is 0 Å². The van der Waals surface area contributed by atoms with Crippen molar-refractivity contribution in [1.82, 2.24) is 0 Å². The fraction of sp³-hybridized carbons (Fsp3) is 0.769. The van der Waals surface area contributed by atoms with Gasteiger partial charge in [-0.25, -0.2) is 0 Å². The lowest BCUT2D eigenvalue weighted by atomic mass is 9.46. The van der Waals surface area contributed by atoms with Crippen LogP contribution in [0.5, 0.6) is 0 Å². The Hall–Kier alpha value is -0.990. The molecular weight excluding hydrogens is 440 g/mol. The number of carbonyl (C=O) groups excluding carboxylic acids is 2. The first kappa shape index (κ1) is 25.1. The van der Waals surface area contributed by atoms with Crippen molar-refractivity contribution in [2.24, 2.45) is 28.6 Å². The third kappa shape index (κ3) is 3.79. The molecule has 33 heavy (non-hydrogen) atoms. The van der Waals surface area contributed by atoms with Gasteiger partial charge in [-0.2, -0.15) is 0 Å². The van der Waals surface area contributed by atoms with E-state index >= 15 is 0 Å². The van der Waals surface area contributed by atoms with Gasteiger partial charge in [0.15, 0.2) is 17.9 Å². The molecule has 8 atom stereocenters. The zero-order valence-electron chi connectivity index (χ0n) is 20.2. The molecule has 0 bridgehead atoms. The van der Waals surface area contributed by atoms with Gasteiger partial charge in [0.1, 0.15) is 12.2 Å². The first-order valence-electron chi connectivity index (χ1n) is 12.3. The topological polar surface area (TPSA) is 93.1 Å². The normalized spacial score (nSPS) is 42.8. The van der Waals surface area contributed by atoms with Crippen LogP contribution in [-0.2, 0) is 18.5 Å². The second kappa shape index (κ2) is 9.23. The quantitative estimate of drug-likeness (QED) is 0.402. The lowest BCUT2D eigenvalue weighted by molar-refractivity contribution is -0.232. The third-order valence-corrected chi connectivity index (χ3v) is 9.68. The van der Waals surface area contributed by atoms with Crippen molar-refractivity contribution >= 4 is 23.6 Å². The van der Waals surface area contributed by atoms with Crippen LogP contribution in [0.2, 0.25) is 0 Å². The highest BCUT2D eigenvalue weighted by Gasteiger charge is 2.69. The summed E-state index contributed by atoms with van der Waals surface area (Å²) in [6, 6.07) is 0. The summed E-state index contributed by atoms with van der Waals surface area (Å²) in [5.41, 5.74) is -1.02. The van der Waals surface area contributed by atoms with E-state index in [4.69, 9.17) is 8.92 Å². The summed E-state index contributed by atoms with van der Waals surface area (Å²) < 4.78 is 12.3. The van der Waals surface area contributed by atoms with E-state index in [1.165, 1.54) is 12.0 Å². The van der Waals surface area contributed by atoms with Crippen molar-refractivity contribution in [2.75, 3.05) is 12.9 Å². The first-order chi connectivity index (χ1) is 15.7. The van der Waals surface area contributed by atoms with Gasteiger partial charge in [0, 0.05) is 23.0 Å². The molecule has 0 amide bonds. The summed E-state index contributed by atoms with van der Waals surface area (Å²) in [5.74, 6) is 0.0985. The van der Waals surface area contributed by atoms with E-state index in [0.29, 0.717) is 19.3 Å². The molecule has 7 heteroatoms. The van der Waals surface area contributed by atoms with Gasteiger partial charge in [0.25, 0.3) is 0 Å². The molecule has 0 saturated heterocycles. The fourth-order valence-electron chi connectivity index (χ4n) is 7.85. The van der Waals surface area contributed by atoms with Gasteiger partial charge in [0.2, 0.25) is 0 Å². The molecule has 0 aromatic rings. The van der Waals surface area contributed by atoms with E-state index in [1.54, 1.807) is 12.2 Å². The van der Waals surface area contributed by atoms with E-state index in [-0.39, 0.29) is 34.7 Å². The summed E-state index contributed by atoms with van der Waals surface area (Å²) in [6.07, 6.45) is 11.0. The third-order valence-electron chi connectivity index (χ3n) is 9.27. The molecule has 0 aromatic heterocycles. The predicted molar refractivity (Wildman–Crippen MR) is 127 cm³/mol. The molecule has 3 fully saturated rings. The van der Waals surface area contributed by atoms with Crippen molar-refractivity contribution in [3.63, 3.8) is 0 Å². The predicted octanol–water partition coefficient (Wildman–Crippen LogP) is 4.00. The number of hydrogen-bond donors (Lipinski definition) is 2. The summed E-state index contributed by atoms with van der Waals surface area (Å²) in [4.78, 5) is 25.4. The number of allylic oxidation sites excluding steroid dienone is 4. The Kier molecular flexibility index (Phi) is 7.02. The lowest BCUT2D eigenvalue weighted by Crippen LogP contribution is -2.63. The molecule has 0 aromatic carbocycles. The Balaban J connectivity index is 1.72. The first-order valence-corrected chi connectivity index (χ1v) is 13.5. The van der Waals surface area contributed by atoms with Crippen molar-refractivity contribution in [2.45, 2.75) is 83.7 Å².